The Morgan fingerprint density at radius 3 is 0.875 bits per heavy atom. The van der Waals surface area contributed by atoms with E-state index in [1.165, 1.54) is 0 Å². The van der Waals surface area contributed by atoms with Crippen LogP contribution in [0.5, 0.6) is 17.2 Å². The second kappa shape index (κ2) is 11.1. The molecule has 0 aliphatic rings. The first-order valence-electron chi connectivity index (χ1n) is 14.4. The Morgan fingerprint density at radius 1 is 0.450 bits per heavy atom. The molecule has 0 amide bonds. The minimum absolute atomic E-state index is 0.180. The summed E-state index contributed by atoms with van der Waals surface area (Å²) in [6.07, 6.45) is 0. The standard InChI is InChI=1S/C36H51NO3/c1-22-13-25(16-28(31(22)38)34(4,5)6)19-37(20-26-14-23(2)32(39)29(17-26)35(7,8)9)21-27-15-24(3)33(40)30(18-27)36(10,11)12/h13-18,38-40H,19-21H2,1-12H3. The SMILES string of the molecule is Cc1cc(CN(Cc2cc(C)c(O)c(C(C)(C)C)c2)Cc2cc(C)c(O)c(C(C)(C)C)c2)cc(C(C)(C)C)c1O. The van der Waals surface area contributed by atoms with Gasteiger partial charge in [0.05, 0.1) is 0 Å². The molecule has 4 heteroatoms. The Morgan fingerprint density at radius 2 is 0.675 bits per heavy atom. The highest BCUT2D eigenvalue weighted by molar-refractivity contribution is 5.49. The molecule has 0 spiro atoms. The van der Waals surface area contributed by atoms with Crippen LogP contribution in [-0.2, 0) is 35.9 Å². The number of benzene rings is 3. The van der Waals surface area contributed by atoms with Crippen LogP contribution in [0.3, 0.4) is 0 Å². The number of phenolic OH excluding ortho intramolecular Hbond substituents is 3. The molecule has 0 aliphatic carbocycles. The molecule has 3 aromatic rings. The van der Waals surface area contributed by atoms with Crippen molar-refractivity contribution in [1.29, 1.82) is 0 Å². The van der Waals surface area contributed by atoms with Crippen molar-refractivity contribution in [3.05, 3.63) is 86.5 Å². The maximum atomic E-state index is 10.8. The minimum atomic E-state index is -0.180. The monoisotopic (exact) mass is 545 g/mol. The molecule has 0 heterocycles. The summed E-state index contributed by atoms with van der Waals surface area (Å²) >= 11 is 0. The van der Waals surface area contributed by atoms with Crippen molar-refractivity contribution in [2.45, 2.75) is 119 Å². The van der Waals surface area contributed by atoms with Gasteiger partial charge in [0.1, 0.15) is 17.2 Å². The maximum absolute atomic E-state index is 10.8. The summed E-state index contributed by atoms with van der Waals surface area (Å²) in [7, 11) is 0. The van der Waals surface area contributed by atoms with Gasteiger partial charge in [-0.3, -0.25) is 4.90 Å². The molecule has 0 saturated carbocycles. The Bertz CT molecular complexity index is 1210. The van der Waals surface area contributed by atoms with Crippen LogP contribution in [0.25, 0.3) is 0 Å². The van der Waals surface area contributed by atoms with E-state index in [1.54, 1.807) is 0 Å². The van der Waals surface area contributed by atoms with Gasteiger partial charge in [0.15, 0.2) is 0 Å². The molecule has 3 N–H and O–H groups in total. The second-order valence-electron chi connectivity index (χ2n) is 14.8. The van der Waals surface area contributed by atoms with E-state index in [0.717, 1.165) is 50.1 Å². The van der Waals surface area contributed by atoms with Crippen LogP contribution < -0.4 is 0 Å². The smallest absolute Gasteiger partial charge is 0.122 e. The van der Waals surface area contributed by atoms with E-state index in [2.05, 4.69) is 104 Å². The van der Waals surface area contributed by atoms with Crippen LogP contribution >= 0.6 is 0 Å². The summed E-state index contributed by atoms with van der Waals surface area (Å²) in [4.78, 5) is 2.41. The van der Waals surface area contributed by atoms with E-state index in [1.807, 2.05) is 20.8 Å². The average molecular weight is 546 g/mol. The van der Waals surface area contributed by atoms with Gasteiger partial charge in [-0.05, 0) is 87.1 Å². The Labute approximate surface area is 242 Å². The predicted octanol–water partition coefficient (Wildman–Crippen LogP) is 8.82. The molecule has 0 unspecified atom stereocenters. The van der Waals surface area contributed by atoms with Crippen LogP contribution in [0.4, 0.5) is 0 Å². The van der Waals surface area contributed by atoms with Crippen LogP contribution in [0, 0.1) is 20.8 Å². The first-order chi connectivity index (χ1) is 18.2. The molecule has 0 aromatic heterocycles. The van der Waals surface area contributed by atoms with E-state index >= 15 is 0 Å². The van der Waals surface area contributed by atoms with Crippen LogP contribution in [0.1, 0.15) is 112 Å². The Balaban J connectivity index is 2.11. The third-order valence-corrected chi connectivity index (χ3v) is 7.72. The molecule has 0 saturated heterocycles. The van der Waals surface area contributed by atoms with Crippen molar-refractivity contribution in [2.24, 2.45) is 0 Å². The number of rotatable bonds is 6. The number of phenols is 3. The molecule has 0 atom stereocenters. The van der Waals surface area contributed by atoms with Gasteiger partial charge < -0.3 is 15.3 Å². The number of aryl methyl sites for hydroxylation is 3. The molecular formula is C36H51NO3. The van der Waals surface area contributed by atoms with Gasteiger partial charge in [0.2, 0.25) is 0 Å². The van der Waals surface area contributed by atoms with Crippen molar-refractivity contribution in [3.8, 4) is 17.2 Å². The topological polar surface area (TPSA) is 63.9 Å². The molecule has 0 aliphatic heterocycles. The molecule has 0 radical (unpaired) electrons. The van der Waals surface area contributed by atoms with Gasteiger partial charge in [-0.25, -0.2) is 0 Å². The van der Waals surface area contributed by atoms with Crippen LogP contribution in [0.2, 0.25) is 0 Å². The highest BCUT2D eigenvalue weighted by Crippen LogP contribution is 2.38. The molecular weight excluding hydrogens is 494 g/mol. The molecule has 218 valence electrons. The van der Waals surface area contributed by atoms with E-state index in [9.17, 15) is 15.3 Å². The third-order valence-electron chi connectivity index (χ3n) is 7.72. The molecule has 0 bridgehead atoms. The maximum Gasteiger partial charge on any atom is 0.122 e. The summed E-state index contributed by atoms with van der Waals surface area (Å²) in [5, 5.41) is 32.5. The van der Waals surface area contributed by atoms with Crippen molar-refractivity contribution in [2.75, 3.05) is 0 Å². The van der Waals surface area contributed by atoms with Gasteiger partial charge in [-0.2, -0.15) is 0 Å². The van der Waals surface area contributed by atoms with E-state index in [0.29, 0.717) is 36.9 Å². The van der Waals surface area contributed by atoms with Gasteiger partial charge in [-0.1, -0.05) is 98.7 Å². The summed E-state index contributed by atoms with van der Waals surface area (Å²) in [6, 6.07) is 12.7. The number of aromatic hydroxyl groups is 3. The zero-order valence-electron chi connectivity index (χ0n) is 26.9. The lowest BCUT2D eigenvalue weighted by Gasteiger charge is -2.29. The molecule has 4 nitrogen and oxygen atoms in total. The third kappa shape index (κ3) is 7.20. The highest BCUT2D eigenvalue weighted by atomic mass is 16.3. The average Bonchev–Trinajstić information content (AvgIpc) is 2.78. The fourth-order valence-electron chi connectivity index (χ4n) is 5.49. The van der Waals surface area contributed by atoms with Crippen LogP contribution in [0.15, 0.2) is 36.4 Å². The van der Waals surface area contributed by atoms with Crippen LogP contribution in [-0.4, -0.2) is 20.2 Å². The lowest BCUT2D eigenvalue weighted by molar-refractivity contribution is 0.246. The highest BCUT2D eigenvalue weighted by Gasteiger charge is 2.24. The van der Waals surface area contributed by atoms with Crippen molar-refractivity contribution in [1.82, 2.24) is 4.90 Å². The molecule has 0 fully saturated rings. The molecule has 3 rings (SSSR count). The van der Waals surface area contributed by atoms with Gasteiger partial charge in [0, 0.05) is 19.6 Å². The lowest BCUT2D eigenvalue weighted by atomic mass is 9.83. The summed E-state index contributed by atoms with van der Waals surface area (Å²) in [6.45, 7) is 27.1. The number of nitrogens with zero attached hydrogens (tertiary/aromatic N) is 1. The van der Waals surface area contributed by atoms with E-state index < -0.39 is 0 Å². The quantitative estimate of drug-likeness (QED) is 0.289. The second-order valence-corrected chi connectivity index (χ2v) is 14.8. The van der Waals surface area contributed by atoms with Gasteiger partial charge >= 0.3 is 0 Å². The normalized spacial score (nSPS) is 12.8. The van der Waals surface area contributed by atoms with Crippen molar-refractivity contribution in [3.63, 3.8) is 0 Å². The van der Waals surface area contributed by atoms with Crippen molar-refractivity contribution < 1.29 is 15.3 Å². The largest absolute Gasteiger partial charge is 0.507 e. The summed E-state index contributed by atoms with van der Waals surface area (Å²) in [5.41, 5.74) is 8.42. The summed E-state index contributed by atoms with van der Waals surface area (Å²) in [5.74, 6) is 1.11. The van der Waals surface area contributed by atoms with Gasteiger partial charge in [0.25, 0.3) is 0 Å². The Hall–Kier alpha value is -2.98. The van der Waals surface area contributed by atoms with Gasteiger partial charge in [-0.15, -0.1) is 0 Å². The Kier molecular flexibility index (Phi) is 8.77. The first-order valence-corrected chi connectivity index (χ1v) is 14.4. The van der Waals surface area contributed by atoms with E-state index in [4.69, 9.17) is 0 Å². The first kappa shape index (κ1) is 31.5. The molecule has 3 aromatic carbocycles. The predicted molar refractivity (Wildman–Crippen MR) is 168 cm³/mol. The zero-order valence-corrected chi connectivity index (χ0v) is 26.9. The zero-order chi connectivity index (χ0) is 30.4. The fraction of sp³-hybridized carbons (Fsp3) is 0.500. The fourth-order valence-corrected chi connectivity index (χ4v) is 5.49. The minimum Gasteiger partial charge on any atom is -0.507 e. The van der Waals surface area contributed by atoms with Crippen molar-refractivity contribution >= 4 is 0 Å². The molecule has 40 heavy (non-hydrogen) atoms. The van der Waals surface area contributed by atoms with E-state index in [-0.39, 0.29) is 16.2 Å². The summed E-state index contributed by atoms with van der Waals surface area (Å²) < 4.78 is 0. The lowest BCUT2D eigenvalue weighted by Crippen LogP contribution is -2.24. The number of hydrogen-bond acceptors (Lipinski definition) is 4. The number of hydrogen-bond donors (Lipinski definition) is 3.